The maximum Gasteiger partial charge on any atom is 0.333 e. The van der Waals surface area contributed by atoms with Crippen LogP contribution in [0.4, 0.5) is 0 Å². The molecule has 0 aliphatic heterocycles. The van der Waals surface area contributed by atoms with Crippen LogP contribution in [0.5, 0.6) is 0 Å². The Bertz CT molecular complexity index is 509. The third kappa shape index (κ3) is 8.24. The summed E-state index contributed by atoms with van der Waals surface area (Å²) in [5.41, 5.74) is 0.157. The molecule has 0 aromatic carbocycles. The summed E-state index contributed by atoms with van der Waals surface area (Å²) in [6.07, 6.45) is 1.86. The van der Waals surface area contributed by atoms with Crippen LogP contribution in [0.25, 0.3) is 0 Å². The molecule has 0 aliphatic rings. The largest absolute Gasteiger partial charge is 0.461 e. The van der Waals surface area contributed by atoms with Gasteiger partial charge in [0, 0.05) is 16.7 Å². The van der Waals surface area contributed by atoms with Crippen LogP contribution < -0.4 is 0 Å². The average Bonchev–Trinajstić information content (AvgIpc) is 2.70. The van der Waals surface area contributed by atoms with Gasteiger partial charge in [-0.3, -0.25) is 0 Å². The van der Waals surface area contributed by atoms with Crippen molar-refractivity contribution in [1.82, 2.24) is 0 Å². The molecular weight excluding hydrogens is 348 g/mol. The fraction of sp³-hybridized carbons (Fsp3) is 0.571. The third-order valence-electron chi connectivity index (χ3n) is 4.42. The van der Waals surface area contributed by atoms with E-state index in [1.54, 1.807) is 20.8 Å². The summed E-state index contributed by atoms with van der Waals surface area (Å²) in [5, 5.41) is 0. The molecule has 0 saturated heterocycles. The highest BCUT2D eigenvalue weighted by Gasteiger charge is 2.34. The Morgan fingerprint density at radius 1 is 0.630 bits per heavy atom. The van der Waals surface area contributed by atoms with Crippen molar-refractivity contribution in [2.75, 3.05) is 19.8 Å². The Hall–Kier alpha value is -2.37. The zero-order chi connectivity index (χ0) is 21.0. The first kappa shape index (κ1) is 24.6. The van der Waals surface area contributed by atoms with E-state index in [0.29, 0.717) is 42.4 Å². The summed E-state index contributed by atoms with van der Waals surface area (Å²) < 4.78 is 16.0. The molecule has 0 aliphatic carbocycles. The van der Waals surface area contributed by atoms with Gasteiger partial charge in [0.15, 0.2) is 0 Å². The van der Waals surface area contributed by atoms with Gasteiger partial charge >= 0.3 is 17.9 Å². The van der Waals surface area contributed by atoms with E-state index in [2.05, 4.69) is 19.7 Å². The minimum absolute atomic E-state index is 0.0703. The number of rotatable bonds is 13. The zero-order valence-corrected chi connectivity index (χ0v) is 17.0. The van der Waals surface area contributed by atoms with Crippen LogP contribution in [0.3, 0.4) is 0 Å². The molecule has 0 aromatic rings. The van der Waals surface area contributed by atoms with Crippen molar-refractivity contribution in [2.24, 2.45) is 5.41 Å². The van der Waals surface area contributed by atoms with Gasteiger partial charge in [-0.05, 0) is 25.7 Å². The Morgan fingerprint density at radius 2 is 0.889 bits per heavy atom. The van der Waals surface area contributed by atoms with E-state index in [9.17, 15) is 14.4 Å². The Balaban J connectivity index is 5.22. The van der Waals surface area contributed by atoms with Gasteiger partial charge in [0.2, 0.25) is 0 Å². The lowest BCUT2D eigenvalue weighted by Gasteiger charge is -2.31. The van der Waals surface area contributed by atoms with Crippen LogP contribution in [-0.2, 0) is 28.6 Å². The second-order valence-corrected chi connectivity index (χ2v) is 6.45. The van der Waals surface area contributed by atoms with Crippen molar-refractivity contribution in [2.45, 2.75) is 53.4 Å². The fourth-order valence-electron chi connectivity index (χ4n) is 1.83. The summed E-state index contributed by atoms with van der Waals surface area (Å²) in [5.74, 6) is -1.57. The molecule has 0 bridgehead atoms. The number of hydrogen-bond acceptors (Lipinski definition) is 6. The zero-order valence-electron chi connectivity index (χ0n) is 17.0. The highest BCUT2D eigenvalue weighted by molar-refractivity contribution is 5.88. The van der Waals surface area contributed by atoms with Crippen LogP contribution in [0, 0.1) is 5.41 Å². The van der Waals surface area contributed by atoms with Gasteiger partial charge in [0.05, 0.1) is 5.41 Å². The van der Waals surface area contributed by atoms with Crippen LogP contribution in [0.2, 0.25) is 0 Å². The number of hydrogen-bond donors (Lipinski definition) is 0. The van der Waals surface area contributed by atoms with Crippen molar-refractivity contribution >= 4 is 17.9 Å². The van der Waals surface area contributed by atoms with Gasteiger partial charge in [0.1, 0.15) is 19.8 Å². The Kier molecular flexibility index (Phi) is 11.0. The van der Waals surface area contributed by atoms with Crippen LogP contribution in [0.1, 0.15) is 53.4 Å². The van der Waals surface area contributed by atoms with Crippen molar-refractivity contribution < 1.29 is 28.6 Å². The lowest BCUT2D eigenvalue weighted by atomic mass is 9.88. The summed E-state index contributed by atoms with van der Waals surface area (Å²) in [4.78, 5) is 35.9. The first-order valence-electron chi connectivity index (χ1n) is 9.20. The van der Waals surface area contributed by atoms with Crippen LogP contribution >= 0.6 is 0 Å². The molecule has 6 nitrogen and oxygen atoms in total. The summed E-state index contributed by atoms with van der Waals surface area (Å²) >= 11 is 0. The molecule has 0 spiro atoms. The minimum Gasteiger partial charge on any atom is -0.461 e. The first-order chi connectivity index (χ1) is 12.7. The summed E-state index contributed by atoms with van der Waals surface area (Å²) in [7, 11) is 0. The SMILES string of the molecule is C=C(CC)C(=O)OCC(CC)(COC(=O)C(=C)CC)COC(=O)C(=C)CC. The van der Waals surface area contributed by atoms with E-state index in [1.807, 2.05) is 6.92 Å². The molecule has 0 saturated carbocycles. The molecule has 6 heteroatoms. The molecule has 0 amide bonds. The van der Waals surface area contributed by atoms with Gasteiger partial charge in [-0.2, -0.15) is 0 Å². The van der Waals surface area contributed by atoms with E-state index in [0.717, 1.165) is 0 Å². The number of carbonyl (C=O) groups is 3. The van der Waals surface area contributed by atoms with Gasteiger partial charge < -0.3 is 14.2 Å². The molecule has 0 heterocycles. The second-order valence-electron chi connectivity index (χ2n) is 6.45. The third-order valence-corrected chi connectivity index (χ3v) is 4.42. The second kappa shape index (κ2) is 12.1. The standard InChI is InChI=1S/C21H32O6/c1-8-15(5)18(22)25-12-21(11-4,13-26-19(23)16(6)9-2)14-27-20(24)17(7)10-3/h5-14H2,1-4H3. The normalized spacial score (nSPS) is 10.7. The molecule has 0 radical (unpaired) electrons. The monoisotopic (exact) mass is 380 g/mol. The lowest BCUT2D eigenvalue weighted by molar-refractivity contribution is -0.157. The first-order valence-corrected chi connectivity index (χ1v) is 9.20. The van der Waals surface area contributed by atoms with Crippen LogP contribution in [-0.4, -0.2) is 37.7 Å². The molecular formula is C21H32O6. The highest BCUT2D eigenvalue weighted by Crippen LogP contribution is 2.26. The number of carbonyl (C=O) groups excluding carboxylic acids is 3. The molecule has 0 N–H and O–H groups in total. The van der Waals surface area contributed by atoms with Gasteiger partial charge in [0.25, 0.3) is 0 Å². The quantitative estimate of drug-likeness (QED) is 0.274. The van der Waals surface area contributed by atoms with E-state index < -0.39 is 23.3 Å². The molecule has 27 heavy (non-hydrogen) atoms. The van der Waals surface area contributed by atoms with E-state index in [-0.39, 0.29) is 19.8 Å². The topological polar surface area (TPSA) is 78.9 Å². The molecule has 0 rings (SSSR count). The number of esters is 3. The van der Waals surface area contributed by atoms with Crippen molar-refractivity contribution in [3.05, 3.63) is 36.5 Å². The predicted octanol–water partition coefficient (Wildman–Crippen LogP) is 3.91. The van der Waals surface area contributed by atoms with Crippen molar-refractivity contribution in [3.8, 4) is 0 Å². The van der Waals surface area contributed by atoms with E-state index in [1.165, 1.54) is 0 Å². The van der Waals surface area contributed by atoms with E-state index in [4.69, 9.17) is 14.2 Å². The van der Waals surface area contributed by atoms with Crippen LogP contribution in [0.15, 0.2) is 36.5 Å². The highest BCUT2D eigenvalue weighted by atomic mass is 16.6. The van der Waals surface area contributed by atoms with Gasteiger partial charge in [-0.1, -0.05) is 47.4 Å². The Morgan fingerprint density at radius 3 is 1.07 bits per heavy atom. The predicted molar refractivity (Wildman–Crippen MR) is 104 cm³/mol. The molecule has 0 unspecified atom stereocenters. The molecule has 0 fully saturated rings. The van der Waals surface area contributed by atoms with Gasteiger partial charge in [-0.25, -0.2) is 14.4 Å². The molecule has 0 aromatic heterocycles. The molecule has 152 valence electrons. The summed E-state index contributed by atoms with van der Waals surface area (Å²) in [6, 6.07) is 0. The maximum atomic E-state index is 12.0. The summed E-state index contributed by atoms with van der Waals surface area (Å²) in [6.45, 7) is 18.0. The molecule has 0 atom stereocenters. The smallest absolute Gasteiger partial charge is 0.333 e. The van der Waals surface area contributed by atoms with Crippen molar-refractivity contribution in [3.63, 3.8) is 0 Å². The Labute approximate surface area is 162 Å². The maximum absolute atomic E-state index is 12.0. The average molecular weight is 380 g/mol. The minimum atomic E-state index is -0.864. The fourth-order valence-corrected chi connectivity index (χ4v) is 1.83. The lowest BCUT2D eigenvalue weighted by Crippen LogP contribution is -2.39. The van der Waals surface area contributed by atoms with Gasteiger partial charge in [-0.15, -0.1) is 0 Å². The number of ether oxygens (including phenoxy) is 3. The van der Waals surface area contributed by atoms with E-state index >= 15 is 0 Å². The van der Waals surface area contributed by atoms with Crippen molar-refractivity contribution in [1.29, 1.82) is 0 Å².